The zero-order valence-electron chi connectivity index (χ0n) is 17.8. The minimum atomic E-state index is -0.319. The summed E-state index contributed by atoms with van der Waals surface area (Å²) in [4.78, 5) is 12.3. The van der Waals surface area contributed by atoms with Crippen molar-refractivity contribution in [1.82, 2.24) is 5.43 Å². The Kier molecular flexibility index (Phi) is 6.17. The molecular weight excluding hydrogens is 352 g/mol. The molecule has 0 atom stereocenters. The molecule has 5 heteroatoms. The summed E-state index contributed by atoms with van der Waals surface area (Å²) in [7, 11) is 1.56. The van der Waals surface area contributed by atoms with Crippen molar-refractivity contribution in [1.29, 1.82) is 0 Å². The van der Waals surface area contributed by atoms with Crippen LogP contribution in [0.5, 0.6) is 11.5 Å². The van der Waals surface area contributed by atoms with E-state index in [-0.39, 0.29) is 16.7 Å². The van der Waals surface area contributed by atoms with Crippen LogP contribution in [-0.4, -0.2) is 24.3 Å². The highest BCUT2D eigenvalue weighted by Crippen LogP contribution is 2.39. The van der Waals surface area contributed by atoms with Gasteiger partial charge in [-0.1, -0.05) is 47.6 Å². The molecule has 2 aromatic carbocycles. The third-order valence-corrected chi connectivity index (χ3v) is 4.46. The predicted molar refractivity (Wildman–Crippen MR) is 114 cm³/mol. The van der Waals surface area contributed by atoms with Crippen LogP contribution in [-0.2, 0) is 10.8 Å². The number of nitrogens with zero attached hydrogens (tertiary/aromatic N) is 1. The molecule has 0 saturated carbocycles. The first-order chi connectivity index (χ1) is 12.9. The second kappa shape index (κ2) is 8.05. The normalized spacial score (nSPS) is 12.2. The van der Waals surface area contributed by atoms with Crippen LogP contribution in [0.4, 0.5) is 0 Å². The number of carbonyl (C=O) groups is 1. The van der Waals surface area contributed by atoms with Gasteiger partial charge in [-0.3, -0.25) is 4.79 Å². The highest BCUT2D eigenvalue weighted by Gasteiger charge is 2.26. The van der Waals surface area contributed by atoms with Crippen LogP contribution < -0.4 is 10.2 Å². The number of phenolic OH excluding ortho intramolecular Hbond substituents is 1. The van der Waals surface area contributed by atoms with Crippen LogP contribution in [0.2, 0.25) is 0 Å². The van der Waals surface area contributed by atoms with Crippen LogP contribution in [0.3, 0.4) is 0 Å². The van der Waals surface area contributed by atoms with Gasteiger partial charge < -0.3 is 9.84 Å². The Morgan fingerprint density at radius 3 is 2.11 bits per heavy atom. The molecule has 0 aliphatic carbocycles. The van der Waals surface area contributed by atoms with Gasteiger partial charge in [-0.15, -0.1) is 0 Å². The Bertz CT molecular complexity index is 852. The maximum Gasteiger partial charge on any atom is 0.271 e. The second-order valence-electron chi connectivity index (χ2n) is 8.90. The summed E-state index contributed by atoms with van der Waals surface area (Å²) < 4.78 is 5.14. The van der Waals surface area contributed by atoms with Crippen LogP contribution in [0.15, 0.2) is 41.5 Å². The molecule has 2 aromatic rings. The third-order valence-electron chi connectivity index (χ3n) is 4.46. The predicted octanol–water partition coefficient (Wildman–Crippen LogP) is 4.76. The lowest BCUT2D eigenvalue weighted by molar-refractivity contribution is 0.0954. The number of carbonyl (C=O) groups excluding carboxylic acids is 1. The van der Waals surface area contributed by atoms with Gasteiger partial charge in [0.05, 0.1) is 13.3 Å². The summed E-state index contributed by atoms with van der Waals surface area (Å²) in [5, 5.41) is 14.9. The van der Waals surface area contributed by atoms with Crippen molar-refractivity contribution in [3.05, 3.63) is 58.7 Å². The maximum absolute atomic E-state index is 12.3. The van der Waals surface area contributed by atoms with Gasteiger partial charge in [-0.05, 0) is 46.7 Å². The van der Waals surface area contributed by atoms with Gasteiger partial charge in [0.2, 0.25) is 0 Å². The summed E-state index contributed by atoms with van der Waals surface area (Å²) in [6.45, 7) is 12.3. The molecule has 0 unspecified atom stereocenters. The van der Waals surface area contributed by atoms with Crippen LogP contribution in [0.1, 0.15) is 68.6 Å². The SMILES string of the molecule is COc1cccc(C(=O)N/N=C\c2cc(C(C)(C)C)c(O)c(C(C)(C)C)c2)c1. The molecule has 0 radical (unpaired) electrons. The average Bonchev–Trinajstić information content (AvgIpc) is 2.60. The van der Waals surface area contributed by atoms with E-state index < -0.39 is 0 Å². The number of phenols is 1. The number of hydrogen-bond donors (Lipinski definition) is 2. The van der Waals surface area contributed by atoms with Crippen LogP contribution in [0.25, 0.3) is 0 Å². The molecule has 0 heterocycles. The quantitative estimate of drug-likeness (QED) is 0.592. The van der Waals surface area contributed by atoms with E-state index >= 15 is 0 Å². The lowest BCUT2D eigenvalue weighted by Crippen LogP contribution is -2.19. The number of hydrogen-bond acceptors (Lipinski definition) is 4. The van der Waals surface area contributed by atoms with Gasteiger partial charge >= 0.3 is 0 Å². The van der Waals surface area contributed by atoms with Gasteiger partial charge in [-0.25, -0.2) is 5.43 Å². The van der Waals surface area contributed by atoms with Crippen molar-refractivity contribution in [2.24, 2.45) is 5.10 Å². The van der Waals surface area contributed by atoms with Crippen LogP contribution >= 0.6 is 0 Å². The minimum Gasteiger partial charge on any atom is -0.507 e. The average molecular weight is 383 g/mol. The smallest absolute Gasteiger partial charge is 0.271 e. The number of amides is 1. The molecule has 2 rings (SSSR count). The Morgan fingerprint density at radius 1 is 1.04 bits per heavy atom. The van der Waals surface area contributed by atoms with Crippen molar-refractivity contribution < 1.29 is 14.6 Å². The van der Waals surface area contributed by atoms with Gasteiger partial charge in [0.25, 0.3) is 5.91 Å². The van der Waals surface area contributed by atoms with E-state index in [1.54, 1.807) is 37.6 Å². The van der Waals surface area contributed by atoms with E-state index in [0.717, 1.165) is 16.7 Å². The number of rotatable bonds is 4. The summed E-state index contributed by atoms with van der Waals surface area (Å²) in [5.74, 6) is 0.610. The zero-order chi connectivity index (χ0) is 21.1. The topological polar surface area (TPSA) is 70.9 Å². The first-order valence-electron chi connectivity index (χ1n) is 9.29. The van der Waals surface area contributed by atoms with Gasteiger partial charge in [0.1, 0.15) is 11.5 Å². The van der Waals surface area contributed by atoms with Crippen molar-refractivity contribution in [3.63, 3.8) is 0 Å². The van der Waals surface area contributed by atoms with E-state index in [2.05, 4.69) is 52.1 Å². The Morgan fingerprint density at radius 2 is 1.61 bits per heavy atom. The maximum atomic E-state index is 12.3. The Balaban J connectivity index is 2.31. The van der Waals surface area contributed by atoms with Gasteiger partial charge in [0.15, 0.2) is 0 Å². The summed E-state index contributed by atoms with van der Waals surface area (Å²) in [6, 6.07) is 10.7. The molecule has 0 saturated heterocycles. The number of methoxy groups -OCH3 is 1. The molecule has 0 bridgehead atoms. The lowest BCUT2D eigenvalue weighted by atomic mass is 9.78. The molecule has 2 N–H and O–H groups in total. The summed E-state index contributed by atoms with van der Waals surface area (Å²) >= 11 is 0. The van der Waals surface area contributed by atoms with E-state index in [4.69, 9.17) is 4.74 Å². The first kappa shape index (κ1) is 21.5. The zero-order valence-corrected chi connectivity index (χ0v) is 17.8. The van der Waals surface area contributed by atoms with E-state index in [0.29, 0.717) is 17.1 Å². The molecular formula is C23H30N2O3. The fourth-order valence-corrected chi connectivity index (χ4v) is 2.87. The molecule has 0 fully saturated rings. The molecule has 28 heavy (non-hydrogen) atoms. The fourth-order valence-electron chi connectivity index (χ4n) is 2.87. The van der Waals surface area contributed by atoms with Gasteiger partial charge in [-0.2, -0.15) is 5.10 Å². The standard InChI is InChI=1S/C23H30N2O3/c1-22(2,3)18-11-15(12-19(20(18)26)23(4,5)6)14-24-25-21(27)16-9-8-10-17(13-16)28-7/h8-14,26H,1-7H3,(H,25,27)/b24-14-. The molecule has 0 aromatic heterocycles. The highest BCUT2D eigenvalue weighted by atomic mass is 16.5. The number of benzene rings is 2. The van der Waals surface area contributed by atoms with Crippen molar-refractivity contribution in [2.75, 3.05) is 7.11 Å². The number of nitrogens with one attached hydrogen (secondary N) is 1. The lowest BCUT2D eigenvalue weighted by Gasteiger charge is -2.27. The Labute approximate surface area is 167 Å². The molecule has 1 amide bonds. The van der Waals surface area contributed by atoms with Crippen molar-refractivity contribution in [3.8, 4) is 11.5 Å². The summed E-state index contributed by atoms with van der Waals surface area (Å²) in [5.41, 5.74) is 5.07. The largest absolute Gasteiger partial charge is 0.507 e. The second-order valence-corrected chi connectivity index (χ2v) is 8.90. The van der Waals surface area contributed by atoms with Crippen LogP contribution in [0, 0.1) is 0 Å². The molecule has 0 spiro atoms. The summed E-state index contributed by atoms with van der Waals surface area (Å²) in [6.07, 6.45) is 1.60. The molecule has 150 valence electrons. The monoisotopic (exact) mass is 382 g/mol. The Hall–Kier alpha value is -2.82. The van der Waals surface area contributed by atoms with E-state index in [9.17, 15) is 9.90 Å². The number of aromatic hydroxyl groups is 1. The van der Waals surface area contributed by atoms with E-state index in [1.807, 2.05) is 12.1 Å². The molecule has 5 nitrogen and oxygen atoms in total. The fraction of sp³-hybridized carbons (Fsp3) is 0.391. The first-order valence-corrected chi connectivity index (χ1v) is 9.29. The highest BCUT2D eigenvalue weighted by molar-refractivity contribution is 5.95. The number of hydrazone groups is 1. The minimum absolute atomic E-state index is 0.224. The third kappa shape index (κ3) is 5.12. The van der Waals surface area contributed by atoms with Crippen molar-refractivity contribution in [2.45, 2.75) is 52.4 Å². The van der Waals surface area contributed by atoms with Gasteiger partial charge in [0, 0.05) is 16.7 Å². The molecule has 0 aliphatic heterocycles. The molecule has 0 aliphatic rings. The van der Waals surface area contributed by atoms with Crippen molar-refractivity contribution >= 4 is 12.1 Å². The number of ether oxygens (including phenoxy) is 1. The van der Waals surface area contributed by atoms with E-state index in [1.165, 1.54) is 0 Å².